The lowest BCUT2D eigenvalue weighted by Gasteiger charge is -2.41. The van der Waals surface area contributed by atoms with Crippen LogP contribution in [-0.4, -0.2) is 22.1 Å². The summed E-state index contributed by atoms with van der Waals surface area (Å²) >= 11 is 0. The minimum absolute atomic E-state index is 0.441. The molecule has 1 aromatic heterocycles. The van der Waals surface area contributed by atoms with Crippen molar-refractivity contribution in [1.82, 2.24) is 14.9 Å². The van der Waals surface area contributed by atoms with Crippen LogP contribution in [0.25, 0.3) is 0 Å². The van der Waals surface area contributed by atoms with Gasteiger partial charge < -0.3 is 9.88 Å². The van der Waals surface area contributed by atoms with Crippen LogP contribution >= 0.6 is 0 Å². The predicted octanol–water partition coefficient (Wildman–Crippen LogP) is 4.17. The fraction of sp³-hybridized carbons (Fsp3) is 0.833. The molecule has 0 saturated heterocycles. The first-order chi connectivity index (χ1) is 10.2. The number of imidazole rings is 1. The lowest BCUT2D eigenvalue weighted by atomic mass is 9.69. The van der Waals surface area contributed by atoms with Gasteiger partial charge in [-0.05, 0) is 37.6 Å². The molecule has 1 aliphatic rings. The zero-order chi connectivity index (χ0) is 15.1. The third-order valence-electron chi connectivity index (χ3n) is 5.13. The topological polar surface area (TPSA) is 29.9 Å². The van der Waals surface area contributed by atoms with E-state index in [1.807, 2.05) is 6.20 Å². The lowest BCUT2D eigenvalue weighted by Crippen LogP contribution is -2.47. The lowest BCUT2D eigenvalue weighted by molar-refractivity contribution is 0.141. The second kappa shape index (κ2) is 7.98. The molecule has 0 bridgehead atoms. The highest BCUT2D eigenvalue weighted by molar-refractivity contribution is 5.01. The Hall–Kier alpha value is -0.830. The van der Waals surface area contributed by atoms with Crippen LogP contribution in [0.1, 0.15) is 71.5 Å². The van der Waals surface area contributed by atoms with Crippen LogP contribution in [0, 0.1) is 5.41 Å². The van der Waals surface area contributed by atoms with Crippen molar-refractivity contribution in [2.24, 2.45) is 5.41 Å². The summed E-state index contributed by atoms with van der Waals surface area (Å²) < 4.78 is 2.34. The third kappa shape index (κ3) is 4.32. The van der Waals surface area contributed by atoms with Crippen molar-refractivity contribution < 1.29 is 0 Å². The van der Waals surface area contributed by atoms with E-state index in [0.29, 0.717) is 11.5 Å². The molecule has 1 N–H and O–H groups in total. The van der Waals surface area contributed by atoms with Crippen LogP contribution < -0.4 is 5.32 Å². The van der Waals surface area contributed by atoms with Gasteiger partial charge in [-0.25, -0.2) is 4.98 Å². The summed E-state index contributed by atoms with van der Waals surface area (Å²) in [7, 11) is 0. The first kappa shape index (κ1) is 16.5. The van der Waals surface area contributed by atoms with E-state index in [1.54, 1.807) is 0 Å². The fourth-order valence-corrected chi connectivity index (χ4v) is 3.75. The zero-order valence-corrected chi connectivity index (χ0v) is 14.2. The van der Waals surface area contributed by atoms with Gasteiger partial charge in [0.05, 0.1) is 0 Å². The first-order valence-corrected chi connectivity index (χ1v) is 8.93. The smallest absolute Gasteiger partial charge is 0.110 e. The predicted molar refractivity (Wildman–Crippen MR) is 89.5 cm³/mol. The van der Waals surface area contributed by atoms with Crippen LogP contribution in [-0.2, 0) is 13.0 Å². The quantitative estimate of drug-likeness (QED) is 0.779. The second-order valence-electron chi connectivity index (χ2n) is 6.96. The van der Waals surface area contributed by atoms with E-state index in [9.17, 15) is 0 Å². The van der Waals surface area contributed by atoms with Crippen molar-refractivity contribution in [3.63, 3.8) is 0 Å². The van der Waals surface area contributed by atoms with Crippen molar-refractivity contribution in [2.45, 2.75) is 84.7 Å². The standard InChI is InChI=1S/C18H33N3/c1-4-11-19-16(18(3)9-7-6-8-10-18)15-17-20-12-14-21(17)13-5-2/h12,14,16,19H,4-11,13,15H2,1-3H3. The summed E-state index contributed by atoms with van der Waals surface area (Å²) in [5, 5.41) is 3.83. The normalized spacial score (nSPS) is 19.6. The van der Waals surface area contributed by atoms with Crippen LogP contribution in [0.2, 0.25) is 0 Å². The Morgan fingerprint density at radius 1 is 1.24 bits per heavy atom. The molecule has 2 rings (SSSR count). The number of aromatic nitrogens is 2. The van der Waals surface area contributed by atoms with E-state index in [0.717, 1.165) is 19.5 Å². The average Bonchev–Trinajstić information content (AvgIpc) is 2.92. The monoisotopic (exact) mass is 291 g/mol. The van der Waals surface area contributed by atoms with Gasteiger partial charge in [0.1, 0.15) is 5.82 Å². The van der Waals surface area contributed by atoms with Crippen LogP contribution in [0.3, 0.4) is 0 Å². The first-order valence-electron chi connectivity index (χ1n) is 8.93. The number of nitrogens with one attached hydrogen (secondary N) is 1. The maximum Gasteiger partial charge on any atom is 0.110 e. The van der Waals surface area contributed by atoms with E-state index in [2.05, 4.69) is 41.8 Å². The largest absolute Gasteiger partial charge is 0.335 e. The molecule has 3 heteroatoms. The molecular weight excluding hydrogens is 258 g/mol. The van der Waals surface area contributed by atoms with Gasteiger partial charge in [0.25, 0.3) is 0 Å². The number of nitrogens with zero attached hydrogens (tertiary/aromatic N) is 2. The van der Waals surface area contributed by atoms with Crippen molar-refractivity contribution in [1.29, 1.82) is 0 Å². The van der Waals surface area contributed by atoms with Crippen molar-refractivity contribution >= 4 is 0 Å². The second-order valence-corrected chi connectivity index (χ2v) is 6.96. The molecule has 21 heavy (non-hydrogen) atoms. The molecule has 0 radical (unpaired) electrons. The maximum atomic E-state index is 4.63. The Labute approximate surface area is 130 Å². The highest BCUT2D eigenvalue weighted by Gasteiger charge is 2.35. The minimum Gasteiger partial charge on any atom is -0.335 e. The number of hydrogen-bond donors (Lipinski definition) is 1. The number of aryl methyl sites for hydroxylation is 1. The molecule has 1 unspecified atom stereocenters. The summed E-state index contributed by atoms with van der Waals surface area (Å²) in [5.74, 6) is 1.26. The number of hydrogen-bond acceptors (Lipinski definition) is 2. The Bertz CT molecular complexity index is 404. The average molecular weight is 291 g/mol. The van der Waals surface area contributed by atoms with Gasteiger partial charge in [-0.1, -0.05) is 40.0 Å². The van der Waals surface area contributed by atoms with E-state index >= 15 is 0 Å². The molecule has 3 nitrogen and oxygen atoms in total. The van der Waals surface area contributed by atoms with Gasteiger partial charge in [0, 0.05) is 31.4 Å². The van der Waals surface area contributed by atoms with E-state index in [1.165, 1.54) is 50.8 Å². The molecular formula is C18H33N3. The van der Waals surface area contributed by atoms with Gasteiger partial charge >= 0.3 is 0 Å². The zero-order valence-electron chi connectivity index (χ0n) is 14.2. The third-order valence-corrected chi connectivity index (χ3v) is 5.13. The van der Waals surface area contributed by atoms with Crippen LogP contribution in [0.5, 0.6) is 0 Å². The summed E-state index contributed by atoms with van der Waals surface area (Å²) in [6, 6.07) is 0.566. The molecule has 120 valence electrons. The SMILES string of the molecule is CCCNC(Cc1nccn1CCC)C1(C)CCCCC1. The Kier molecular flexibility index (Phi) is 6.28. The summed E-state index contributed by atoms with van der Waals surface area (Å²) in [5.41, 5.74) is 0.441. The molecule has 0 amide bonds. The van der Waals surface area contributed by atoms with Crippen molar-refractivity contribution in [3.05, 3.63) is 18.2 Å². The van der Waals surface area contributed by atoms with Crippen molar-refractivity contribution in [3.8, 4) is 0 Å². The molecule has 1 heterocycles. The molecule has 1 aromatic rings. The van der Waals surface area contributed by atoms with Crippen LogP contribution in [0.15, 0.2) is 12.4 Å². The van der Waals surface area contributed by atoms with Gasteiger partial charge in [-0.15, -0.1) is 0 Å². The maximum absolute atomic E-state index is 4.63. The summed E-state index contributed by atoms with van der Waals surface area (Å²) in [6.07, 6.45) is 14.5. The summed E-state index contributed by atoms with van der Waals surface area (Å²) in [6.45, 7) is 9.19. The molecule has 1 fully saturated rings. The van der Waals surface area contributed by atoms with Gasteiger partial charge in [-0.2, -0.15) is 0 Å². The van der Waals surface area contributed by atoms with Gasteiger partial charge in [0.15, 0.2) is 0 Å². The molecule has 0 aliphatic heterocycles. The molecule has 0 spiro atoms. The Morgan fingerprint density at radius 3 is 2.67 bits per heavy atom. The molecule has 1 atom stereocenters. The molecule has 1 saturated carbocycles. The van der Waals surface area contributed by atoms with Crippen molar-refractivity contribution in [2.75, 3.05) is 6.54 Å². The minimum atomic E-state index is 0.441. The highest BCUT2D eigenvalue weighted by Crippen LogP contribution is 2.39. The van der Waals surface area contributed by atoms with Gasteiger partial charge in [0.2, 0.25) is 0 Å². The Balaban J connectivity index is 2.09. The summed E-state index contributed by atoms with van der Waals surface area (Å²) in [4.78, 5) is 4.63. The van der Waals surface area contributed by atoms with E-state index in [-0.39, 0.29) is 0 Å². The number of rotatable bonds is 8. The van der Waals surface area contributed by atoms with E-state index in [4.69, 9.17) is 0 Å². The van der Waals surface area contributed by atoms with Crippen LogP contribution in [0.4, 0.5) is 0 Å². The van der Waals surface area contributed by atoms with Gasteiger partial charge in [-0.3, -0.25) is 0 Å². The highest BCUT2D eigenvalue weighted by atomic mass is 15.1. The molecule has 1 aliphatic carbocycles. The molecule has 0 aromatic carbocycles. The van der Waals surface area contributed by atoms with E-state index < -0.39 is 0 Å². The Morgan fingerprint density at radius 2 is 2.00 bits per heavy atom. The fourth-order valence-electron chi connectivity index (χ4n) is 3.75.